The van der Waals surface area contributed by atoms with E-state index >= 15 is 0 Å². The summed E-state index contributed by atoms with van der Waals surface area (Å²) in [6, 6.07) is 10.9. The fourth-order valence-electron chi connectivity index (χ4n) is 7.25. The van der Waals surface area contributed by atoms with Gasteiger partial charge in [0.25, 0.3) is 0 Å². The average molecular weight is 1290 g/mol. The van der Waals surface area contributed by atoms with Crippen LogP contribution in [0.5, 0.6) is 0 Å². The normalized spacial score (nSPS) is 14.5. The molecule has 2 N–H and O–H groups in total. The van der Waals surface area contributed by atoms with Crippen LogP contribution in [0.15, 0.2) is 73.8 Å². The Hall–Kier alpha value is -5.21. The highest BCUT2D eigenvalue weighted by Gasteiger charge is 2.28. The molecule has 1 fully saturated rings. The van der Waals surface area contributed by atoms with E-state index in [1.165, 1.54) is 48.9 Å². The molecule has 538 valence electrons. The lowest BCUT2D eigenvalue weighted by atomic mass is 9.75. The minimum Gasteiger partial charge on any atom is -0.393 e. The van der Waals surface area contributed by atoms with Crippen molar-refractivity contribution < 1.29 is 9.68 Å². The van der Waals surface area contributed by atoms with Gasteiger partial charge in [-0.2, -0.15) is 10.2 Å². The van der Waals surface area contributed by atoms with E-state index in [0.717, 1.165) is 41.2 Å². The number of fused-ring (bicyclic) bond motifs is 1. The van der Waals surface area contributed by atoms with Crippen molar-refractivity contribution in [1.29, 1.82) is 0 Å². The van der Waals surface area contributed by atoms with Gasteiger partial charge in [0.1, 0.15) is 12.2 Å². The third-order valence-corrected chi connectivity index (χ3v) is 13.3. The van der Waals surface area contributed by atoms with Crippen molar-refractivity contribution in [2.75, 3.05) is 6.54 Å². The van der Waals surface area contributed by atoms with Crippen LogP contribution in [-0.4, -0.2) is 90.4 Å². The van der Waals surface area contributed by atoms with Gasteiger partial charge in [-0.25, -0.2) is 9.36 Å². The van der Waals surface area contributed by atoms with Gasteiger partial charge in [0.05, 0.1) is 23.6 Å². The minimum absolute atomic E-state index is 0. The number of hydrazone groups is 2. The van der Waals surface area contributed by atoms with Gasteiger partial charge in [-0.3, -0.25) is 4.99 Å². The van der Waals surface area contributed by atoms with Gasteiger partial charge >= 0.3 is 0 Å². The molecule has 0 spiro atoms. The van der Waals surface area contributed by atoms with Crippen LogP contribution in [0, 0.1) is 41.4 Å². The molecule has 1 aliphatic heterocycles. The van der Waals surface area contributed by atoms with Gasteiger partial charge in [0.15, 0.2) is 0 Å². The SMILES string of the molecule is C.C.C.C.C.C.C.C/C(=N\NC(C)C)C(C)C.C/C(=N\OC(C)C)C(C)C.CC(C)/C=N/NC(C)C.CC(C)/C=N/OC(C)C.CC(C)c1ccc(C2=NCC=C3CCC(C(C)C)CCCC32)cc1.CC(C)c1cn(C(C)C)nn1.CC(C)c1cn(C(C)C)nn1. The molecule has 1 aliphatic carbocycles. The standard InChI is InChI=1S/C23H33N.2C8H15N3.C8H18N2.C8H17NO.C7H16N2.C7H15NO.7CH4/c1-16(2)18-6-5-7-22-20(11-8-18)14-15-24-23(22)21-12-9-19(10-13-21)17(3)4;2*1-6(2)8-5-11(7(3)4)10-9-8;1-6(2)8(5)10-9-7(3)4;1-6(2)8(5)9-10-7(3)4;2*1-6(2)5-8-9-7(3)4;;;;;;;/h9-10,12-14,16-18,22H,5-8,11,15H2,1-4H3;2*5-7H,1-4H3;6-7,9H,1-5H3;6-7H,1-5H3;5-7,9H,1-4H3;5-7H,1-4H3;7*1H4/b;;;10-8+;9-8+;2*8-5+;;;;;;;. The molecule has 3 heterocycles. The van der Waals surface area contributed by atoms with Gasteiger partial charge < -0.3 is 20.5 Å². The maximum absolute atomic E-state index is 5.05. The predicted octanol–water partition coefficient (Wildman–Crippen LogP) is 22.9. The van der Waals surface area contributed by atoms with E-state index in [2.05, 4.69) is 249 Å². The smallest absolute Gasteiger partial charge is 0.122 e. The number of dihydropyridines is 1. The topological polar surface area (TPSA) is 166 Å². The largest absolute Gasteiger partial charge is 0.393 e. The molecule has 15 heteroatoms. The maximum atomic E-state index is 5.05. The summed E-state index contributed by atoms with van der Waals surface area (Å²) < 4.78 is 3.77. The molecule has 91 heavy (non-hydrogen) atoms. The number of nitrogens with one attached hydrogen (secondary N) is 2. The Balaban J connectivity index is -0.000000127. The lowest BCUT2D eigenvalue weighted by Crippen LogP contribution is -2.25. The van der Waals surface area contributed by atoms with E-state index < -0.39 is 0 Å². The van der Waals surface area contributed by atoms with Crippen molar-refractivity contribution in [2.45, 2.75) is 346 Å². The first-order valence-electron chi connectivity index (χ1n) is 32.3. The molecular formula is C76H157N13O2. The molecule has 1 saturated carbocycles. The third-order valence-electron chi connectivity index (χ3n) is 13.3. The quantitative estimate of drug-likeness (QED) is 0.0680. The van der Waals surface area contributed by atoms with Crippen LogP contribution in [0.1, 0.15) is 344 Å². The van der Waals surface area contributed by atoms with E-state index in [1.54, 1.807) is 11.8 Å². The zero-order chi connectivity index (χ0) is 64.8. The summed E-state index contributed by atoms with van der Waals surface area (Å²) in [5.74, 6) is 5.88. The predicted molar refractivity (Wildman–Crippen MR) is 413 cm³/mol. The number of hydrogen-bond acceptors (Lipinski definition) is 13. The van der Waals surface area contributed by atoms with Crippen LogP contribution in [0.2, 0.25) is 0 Å². The molecule has 3 aromatic rings. The number of oxime groups is 2. The Morgan fingerprint density at radius 1 is 0.538 bits per heavy atom. The van der Waals surface area contributed by atoms with E-state index in [1.807, 2.05) is 69.5 Å². The number of benzene rings is 1. The van der Waals surface area contributed by atoms with Crippen molar-refractivity contribution in [1.82, 2.24) is 40.8 Å². The Labute approximate surface area is 567 Å². The molecule has 1 aromatic carbocycles. The van der Waals surface area contributed by atoms with Crippen LogP contribution in [0.25, 0.3) is 0 Å². The highest BCUT2D eigenvalue weighted by molar-refractivity contribution is 6.04. The summed E-state index contributed by atoms with van der Waals surface area (Å²) in [7, 11) is 0. The molecule has 15 nitrogen and oxygen atoms in total. The van der Waals surface area contributed by atoms with E-state index in [9.17, 15) is 0 Å². The second-order valence-electron chi connectivity index (χ2n) is 26.7. The summed E-state index contributed by atoms with van der Waals surface area (Å²) in [4.78, 5) is 14.9. The molecule has 2 aliphatic rings. The van der Waals surface area contributed by atoms with Crippen molar-refractivity contribution >= 4 is 29.6 Å². The van der Waals surface area contributed by atoms with E-state index in [4.69, 9.17) is 14.7 Å². The summed E-state index contributed by atoms with van der Waals surface area (Å²) in [5, 5.41) is 32.0. The molecule has 0 radical (unpaired) electrons. The van der Waals surface area contributed by atoms with Gasteiger partial charge in [-0.1, -0.05) is 232 Å². The summed E-state index contributed by atoms with van der Waals surface area (Å²) in [6.07, 6.45) is 17.2. The van der Waals surface area contributed by atoms with Gasteiger partial charge in [-0.15, -0.1) is 10.2 Å². The molecule has 0 amide bonds. The fourth-order valence-corrected chi connectivity index (χ4v) is 7.25. The molecule has 0 bridgehead atoms. The Kier molecular flexibility index (Phi) is 67.4. The number of aromatic nitrogens is 6. The molecule has 0 saturated heterocycles. The summed E-state index contributed by atoms with van der Waals surface area (Å²) >= 11 is 0. The average Bonchev–Trinajstić information content (AvgIpc) is 1.64. The zero-order valence-corrected chi connectivity index (χ0v) is 59.4. The summed E-state index contributed by atoms with van der Waals surface area (Å²) in [6.45, 7) is 64.0. The Morgan fingerprint density at radius 3 is 1.33 bits per heavy atom. The summed E-state index contributed by atoms with van der Waals surface area (Å²) in [5.41, 5.74) is 16.1. The number of hydrogen-bond donors (Lipinski definition) is 2. The van der Waals surface area contributed by atoms with Crippen molar-refractivity contribution in [3.05, 3.63) is 70.8 Å². The van der Waals surface area contributed by atoms with Crippen LogP contribution in [-0.2, 0) is 9.68 Å². The van der Waals surface area contributed by atoms with Crippen LogP contribution in [0.4, 0.5) is 0 Å². The van der Waals surface area contributed by atoms with Crippen LogP contribution < -0.4 is 10.9 Å². The zero-order valence-electron chi connectivity index (χ0n) is 59.4. The monoisotopic (exact) mass is 1280 g/mol. The van der Waals surface area contributed by atoms with Crippen molar-refractivity contribution in [3.63, 3.8) is 0 Å². The third kappa shape index (κ3) is 51.9. The van der Waals surface area contributed by atoms with Gasteiger partial charge in [0.2, 0.25) is 0 Å². The second kappa shape index (κ2) is 58.6. The minimum atomic E-state index is 0. The van der Waals surface area contributed by atoms with Gasteiger partial charge in [0, 0.05) is 66.3 Å². The Morgan fingerprint density at radius 2 is 0.989 bits per heavy atom. The van der Waals surface area contributed by atoms with E-state index in [0.29, 0.717) is 71.5 Å². The number of allylic oxidation sites excluding steroid dienone is 1. The van der Waals surface area contributed by atoms with Crippen molar-refractivity contribution in [3.8, 4) is 0 Å². The van der Waals surface area contributed by atoms with Crippen molar-refractivity contribution in [2.24, 2.45) is 66.9 Å². The lowest BCUT2D eigenvalue weighted by molar-refractivity contribution is 0.0847. The molecule has 2 unspecified atom stereocenters. The highest BCUT2D eigenvalue weighted by Crippen LogP contribution is 2.37. The van der Waals surface area contributed by atoms with E-state index in [-0.39, 0.29) is 64.2 Å². The first kappa shape index (κ1) is 105. The number of aliphatic imine (C=N–C) groups is 1. The lowest BCUT2D eigenvalue weighted by Gasteiger charge is -2.32. The van der Waals surface area contributed by atoms with Crippen LogP contribution >= 0.6 is 0 Å². The highest BCUT2D eigenvalue weighted by atomic mass is 16.6. The Bertz CT molecular complexity index is 2140. The first-order valence-corrected chi connectivity index (χ1v) is 32.3. The fraction of sp³-hybridized carbons (Fsp3) is 0.776. The second-order valence-corrected chi connectivity index (χ2v) is 26.7. The number of rotatable bonds is 19. The molecule has 2 atom stereocenters. The number of nitrogens with zero attached hydrogens (tertiary/aromatic N) is 11. The maximum Gasteiger partial charge on any atom is 0.122 e. The molecule has 2 aromatic heterocycles. The van der Waals surface area contributed by atoms with Crippen LogP contribution in [0.3, 0.4) is 0 Å². The molecular weight excluding hydrogens is 1130 g/mol. The first-order chi connectivity index (χ1) is 39.1. The van der Waals surface area contributed by atoms with Gasteiger partial charge in [-0.05, 0) is 181 Å². The molecule has 5 rings (SSSR count).